The van der Waals surface area contributed by atoms with Crippen LogP contribution < -0.4 is 10.1 Å². The van der Waals surface area contributed by atoms with Gasteiger partial charge in [-0.05, 0) is 47.4 Å². The van der Waals surface area contributed by atoms with Crippen molar-refractivity contribution in [1.82, 2.24) is 5.32 Å². The van der Waals surface area contributed by atoms with Crippen LogP contribution in [0.3, 0.4) is 0 Å². The van der Waals surface area contributed by atoms with Gasteiger partial charge in [0.2, 0.25) is 5.91 Å². The largest absolute Gasteiger partial charge is 0.461 e. The third-order valence-electron chi connectivity index (χ3n) is 5.74. The predicted molar refractivity (Wildman–Crippen MR) is 123 cm³/mol. The Bertz CT molecular complexity index is 1250. The maximum Gasteiger partial charge on any atom is 0.461 e. The zero-order chi connectivity index (χ0) is 28.8. The molecule has 3 aromatic carbocycles. The lowest BCUT2D eigenvalue weighted by Gasteiger charge is -2.37. The van der Waals surface area contributed by atoms with E-state index in [2.05, 4.69) is 10.1 Å². The van der Waals surface area contributed by atoms with Crippen LogP contribution in [-0.2, 0) is 16.8 Å². The zero-order valence-electron chi connectivity index (χ0n) is 20.1. The first-order valence-corrected chi connectivity index (χ1v) is 11.5. The van der Waals surface area contributed by atoms with Gasteiger partial charge in [-0.3, -0.25) is 4.79 Å². The average molecular weight is 563 g/mol. The second-order valence-electron chi connectivity index (χ2n) is 8.73. The fourth-order valence-electron chi connectivity index (χ4n) is 4.02. The van der Waals surface area contributed by atoms with Gasteiger partial charge in [0, 0.05) is 25.3 Å². The van der Waals surface area contributed by atoms with E-state index in [-0.39, 0.29) is 17.5 Å². The van der Waals surface area contributed by atoms with Crippen molar-refractivity contribution in [1.29, 1.82) is 0 Å². The summed E-state index contributed by atoms with van der Waals surface area (Å²) >= 11 is 0. The van der Waals surface area contributed by atoms with Gasteiger partial charge in [-0.1, -0.05) is 42.5 Å². The summed E-state index contributed by atoms with van der Waals surface area (Å²) in [7, 11) is 0. The van der Waals surface area contributed by atoms with E-state index >= 15 is 0 Å². The maximum atomic E-state index is 14.7. The zero-order valence-corrected chi connectivity index (χ0v) is 20.1. The first kappa shape index (κ1) is 29.9. The molecule has 3 rings (SSSR count). The Morgan fingerprint density at radius 2 is 1.46 bits per heavy atom. The molecular formula is C27H22F9NO2. The van der Waals surface area contributed by atoms with Gasteiger partial charge in [0.15, 0.2) is 0 Å². The van der Waals surface area contributed by atoms with Gasteiger partial charge in [0.1, 0.15) is 17.4 Å². The fourth-order valence-corrected chi connectivity index (χ4v) is 4.02. The van der Waals surface area contributed by atoms with E-state index in [0.717, 1.165) is 24.3 Å². The summed E-state index contributed by atoms with van der Waals surface area (Å²) < 4.78 is 123. The molecule has 0 aliphatic heterocycles. The number of halogens is 9. The molecule has 1 unspecified atom stereocenters. The van der Waals surface area contributed by atoms with Gasteiger partial charge >= 0.3 is 18.7 Å². The van der Waals surface area contributed by atoms with Crippen molar-refractivity contribution >= 4 is 5.91 Å². The van der Waals surface area contributed by atoms with Crippen LogP contribution in [0.5, 0.6) is 5.75 Å². The van der Waals surface area contributed by atoms with Crippen molar-refractivity contribution in [3.63, 3.8) is 0 Å². The van der Waals surface area contributed by atoms with Crippen LogP contribution in [-0.4, -0.2) is 24.6 Å². The van der Waals surface area contributed by atoms with Gasteiger partial charge in [-0.2, -0.15) is 30.7 Å². The molecule has 3 aromatic rings. The third-order valence-corrected chi connectivity index (χ3v) is 5.74. The minimum absolute atomic E-state index is 0.106. The topological polar surface area (TPSA) is 38.3 Å². The highest BCUT2D eigenvalue weighted by Crippen LogP contribution is 2.38. The van der Waals surface area contributed by atoms with E-state index in [0.29, 0.717) is 11.6 Å². The Kier molecular flexibility index (Phi) is 9.18. The van der Waals surface area contributed by atoms with Crippen molar-refractivity contribution in [2.75, 3.05) is 0 Å². The molecule has 0 bridgehead atoms. The Morgan fingerprint density at radius 3 is 2.05 bits per heavy atom. The van der Waals surface area contributed by atoms with Crippen LogP contribution in [0.2, 0.25) is 0 Å². The molecule has 0 heterocycles. The fraction of sp³-hybridized carbons (Fsp3) is 0.296. The maximum absolute atomic E-state index is 14.7. The van der Waals surface area contributed by atoms with E-state index in [9.17, 15) is 44.3 Å². The van der Waals surface area contributed by atoms with Crippen molar-refractivity contribution in [2.24, 2.45) is 0 Å². The number of carbonyl (C=O) groups is 1. The number of rotatable bonds is 11. The van der Waals surface area contributed by atoms with Crippen LogP contribution in [0.4, 0.5) is 39.5 Å². The normalized spacial score (nSPS) is 13.7. The smallest absolute Gasteiger partial charge is 0.428 e. The number of hydrogen-bond donors (Lipinski definition) is 1. The van der Waals surface area contributed by atoms with Crippen LogP contribution >= 0.6 is 0 Å². The van der Waals surface area contributed by atoms with Gasteiger partial charge in [0.05, 0.1) is 5.54 Å². The third kappa shape index (κ3) is 8.14. The number of amides is 1. The molecule has 3 nitrogen and oxygen atoms in total. The monoisotopic (exact) mass is 563 g/mol. The summed E-state index contributed by atoms with van der Waals surface area (Å²) in [6.07, 6.45) is -16.4. The van der Waals surface area contributed by atoms with Crippen molar-refractivity contribution in [3.8, 4) is 5.75 Å². The Labute approximate surface area is 217 Å². The highest BCUT2D eigenvalue weighted by atomic mass is 19.4. The van der Waals surface area contributed by atoms with Crippen molar-refractivity contribution in [2.45, 2.75) is 49.9 Å². The summed E-state index contributed by atoms with van der Waals surface area (Å²) in [6.45, 7) is 0. The first-order valence-electron chi connectivity index (χ1n) is 11.5. The molecule has 1 amide bonds. The first-order chi connectivity index (χ1) is 18.2. The van der Waals surface area contributed by atoms with E-state index in [4.69, 9.17) is 0 Å². The molecule has 39 heavy (non-hydrogen) atoms. The lowest BCUT2D eigenvalue weighted by molar-refractivity contribution is -0.253. The van der Waals surface area contributed by atoms with Crippen molar-refractivity contribution in [3.05, 3.63) is 101 Å². The van der Waals surface area contributed by atoms with Gasteiger partial charge in [0.25, 0.3) is 0 Å². The Hall–Kier alpha value is -3.70. The number of nitrogens with one attached hydrogen (secondary N) is 1. The quantitative estimate of drug-likeness (QED) is 0.245. The predicted octanol–water partition coefficient (Wildman–Crippen LogP) is 7.54. The van der Waals surface area contributed by atoms with Crippen LogP contribution in [0.15, 0.2) is 72.8 Å². The summed E-state index contributed by atoms with van der Waals surface area (Å²) in [6, 6.07) is 14.6. The van der Waals surface area contributed by atoms with Gasteiger partial charge < -0.3 is 10.1 Å². The molecule has 0 saturated carbocycles. The lowest BCUT2D eigenvalue weighted by atomic mass is 9.77. The Balaban J connectivity index is 2.17. The lowest BCUT2D eigenvalue weighted by Crippen LogP contribution is -2.48. The summed E-state index contributed by atoms with van der Waals surface area (Å²) in [5, 5.41) is 2.57. The van der Waals surface area contributed by atoms with Crippen LogP contribution in [0, 0.1) is 11.6 Å². The van der Waals surface area contributed by atoms with E-state index in [1.165, 1.54) is 12.1 Å². The van der Waals surface area contributed by atoms with Gasteiger partial charge in [-0.25, -0.2) is 8.78 Å². The molecule has 0 aliphatic rings. The highest BCUT2D eigenvalue weighted by molar-refractivity contribution is 5.78. The summed E-state index contributed by atoms with van der Waals surface area (Å²) in [5.74, 6) is -3.80. The molecule has 0 aliphatic carbocycles. The second-order valence-corrected chi connectivity index (χ2v) is 8.73. The molecule has 0 aromatic heterocycles. The molecule has 0 fully saturated rings. The molecule has 0 spiro atoms. The van der Waals surface area contributed by atoms with Crippen LogP contribution in [0.25, 0.3) is 0 Å². The summed E-state index contributed by atoms with van der Waals surface area (Å²) in [5.41, 5.74) is -1.52. The second kappa shape index (κ2) is 12.0. The van der Waals surface area contributed by atoms with E-state index < -0.39 is 66.8 Å². The molecule has 0 saturated heterocycles. The minimum atomic E-state index is -4.98. The number of benzene rings is 3. The number of ether oxygens (including phenoxy) is 1. The van der Waals surface area contributed by atoms with E-state index in [1.807, 2.05) is 0 Å². The standard InChI is InChI=1S/C27H22F9NO2/c28-20-10-8-18(9-11-20)25(16-17-5-2-1-3-6-17,37-23(38)7-4-12-26(32,33)34)19-13-21(29)15-22(14-19)39-27(35,36)24(30)31/h1-3,5-6,8-11,13-15,24H,4,7,12,16H2,(H,37,38). The molecular weight excluding hydrogens is 541 g/mol. The average Bonchev–Trinajstić information content (AvgIpc) is 2.83. The molecule has 210 valence electrons. The van der Waals surface area contributed by atoms with Crippen LogP contribution in [0.1, 0.15) is 36.0 Å². The molecule has 1 N–H and O–H groups in total. The van der Waals surface area contributed by atoms with Gasteiger partial charge in [-0.15, -0.1) is 0 Å². The molecule has 12 heteroatoms. The minimum Gasteiger partial charge on any atom is -0.428 e. The summed E-state index contributed by atoms with van der Waals surface area (Å²) in [4.78, 5) is 12.9. The molecule has 1 atom stereocenters. The molecule has 0 radical (unpaired) electrons. The SMILES string of the molecule is O=C(CCCC(F)(F)F)NC(Cc1ccccc1)(c1ccc(F)cc1)c1cc(F)cc(OC(F)(F)C(F)F)c1. The highest BCUT2D eigenvalue weighted by Gasteiger charge is 2.45. The number of hydrogen-bond acceptors (Lipinski definition) is 2. The Morgan fingerprint density at radius 1 is 0.821 bits per heavy atom. The van der Waals surface area contributed by atoms with E-state index in [1.54, 1.807) is 30.3 Å². The van der Waals surface area contributed by atoms with Crippen molar-refractivity contribution < 1.29 is 49.0 Å². The number of carbonyl (C=O) groups excluding carboxylic acids is 1. The number of alkyl halides is 7.